The van der Waals surface area contributed by atoms with Gasteiger partial charge in [-0.3, -0.25) is 4.90 Å². The third-order valence-electron chi connectivity index (χ3n) is 3.10. The maximum Gasteiger partial charge on any atom is 0.0163 e. The molecule has 2 aliphatic heterocycles. The van der Waals surface area contributed by atoms with Crippen LogP contribution in [0, 0.1) is 0 Å². The third-order valence-corrected chi connectivity index (χ3v) is 3.10. The lowest BCUT2D eigenvalue weighted by atomic mass is 10.1. The monoisotopic (exact) mass is 180 g/mol. The molecular formula is C11H20N2. The Balaban J connectivity index is 1.63. The van der Waals surface area contributed by atoms with E-state index < -0.39 is 0 Å². The van der Waals surface area contributed by atoms with Crippen LogP contribution in [0.5, 0.6) is 0 Å². The molecule has 0 saturated carbocycles. The number of nitrogens with one attached hydrogen (secondary N) is 1. The summed E-state index contributed by atoms with van der Waals surface area (Å²) in [5.74, 6) is 0. The molecule has 2 rings (SSSR count). The summed E-state index contributed by atoms with van der Waals surface area (Å²) >= 11 is 0. The summed E-state index contributed by atoms with van der Waals surface area (Å²) in [6, 6.07) is 0.811. The molecule has 1 atom stereocenters. The van der Waals surface area contributed by atoms with Crippen molar-refractivity contribution in [2.45, 2.75) is 31.7 Å². The Labute approximate surface area is 81.0 Å². The number of hydrogen-bond acceptors (Lipinski definition) is 2. The average Bonchev–Trinajstić information content (AvgIpc) is 2.69. The summed E-state index contributed by atoms with van der Waals surface area (Å²) in [4.78, 5) is 2.56. The van der Waals surface area contributed by atoms with E-state index in [-0.39, 0.29) is 0 Å². The lowest BCUT2D eigenvalue weighted by molar-refractivity contribution is 0.281. The first-order valence-corrected chi connectivity index (χ1v) is 5.56. The van der Waals surface area contributed by atoms with Crippen LogP contribution < -0.4 is 5.32 Å². The lowest BCUT2D eigenvalue weighted by Crippen LogP contribution is -2.32. The predicted octanol–water partition coefficient (Wildman–Crippen LogP) is 1.39. The van der Waals surface area contributed by atoms with Gasteiger partial charge in [0.2, 0.25) is 0 Å². The summed E-state index contributed by atoms with van der Waals surface area (Å²) in [6.07, 6.45) is 9.95. The highest BCUT2D eigenvalue weighted by Gasteiger charge is 2.15. The van der Waals surface area contributed by atoms with E-state index in [2.05, 4.69) is 22.4 Å². The van der Waals surface area contributed by atoms with Crippen molar-refractivity contribution in [3.63, 3.8) is 0 Å². The second-order valence-corrected chi connectivity index (χ2v) is 4.14. The first-order chi connectivity index (χ1) is 6.45. The van der Waals surface area contributed by atoms with E-state index >= 15 is 0 Å². The summed E-state index contributed by atoms with van der Waals surface area (Å²) in [5, 5.41) is 3.55. The van der Waals surface area contributed by atoms with Gasteiger partial charge in [0.25, 0.3) is 0 Å². The topological polar surface area (TPSA) is 15.3 Å². The average molecular weight is 180 g/mol. The molecule has 74 valence electrons. The van der Waals surface area contributed by atoms with E-state index in [1.165, 1.54) is 51.9 Å². The fourth-order valence-corrected chi connectivity index (χ4v) is 2.23. The van der Waals surface area contributed by atoms with E-state index in [4.69, 9.17) is 0 Å². The molecule has 2 heterocycles. The van der Waals surface area contributed by atoms with Gasteiger partial charge in [0.15, 0.2) is 0 Å². The highest BCUT2D eigenvalue weighted by molar-refractivity contribution is 4.91. The molecule has 0 aromatic heterocycles. The van der Waals surface area contributed by atoms with Gasteiger partial charge in [0.05, 0.1) is 0 Å². The fourth-order valence-electron chi connectivity index (χ4n) is 2.23. The minimum atomic E-state index is 0.811. The molecule has 13 heavy (non-hydrogen) atoms. The Bertz CT molecular complexity index is 171. The van der Waals surface area contributed by atoms with Gasteiger partial charge in [-0.25, -0.2) is 0 Å². The van der Waals surface area contributed by atoms with Gasteiger partial charge < -0.3 is 5.32 Å². The van der Waals surface area contributed by atoms with Gasteiger partial charge in [-0.1, -0.05) is 12.2 Å². The Kier molecular flexibility index (Phi) is 3.39. The van der Waals surface area contributed by atoms with Gasteiger partial charge in [0.1, 0.15) is 0 Å². The molecule has 0 spiro atoms. The second kappa shape index (κ2) is 4.77. The molecule has 1 unspecified atom stereocenters. The molecule has 0 aliphatic carbocycles. The molecule has 0 aromatic carbocycles. The minimum absolute atomic E-state index is 0.811. The fraction of sp³-hybridized carbons (Fsp3) is 0.818. The zero-order chi connectivity index (χ0) is 8.93. The van der Waals surface area contributed by atoms with Gasteiger partial charge >= 0.3 is 0 Å². The smallest absolute Gasteiger partial charge is 0.0163 e. The van der Waals surface area contributed by atoms with Crippen LogP contribution in [0.4, 0.5) is 0 Å². The Morgan fingerprint density at radius 2 is 2.38 bits per heavy atom. The van der Waals surface area contributed by atoms with Gasteiger partial charge in [0, 0.05) is 19.1 Å². The van der Waals surface area contributed by atoms with E-state index in [1.807, 2.05) is 0 Å². The van der Waals surface area contributed by atoms with Gasteiger partial charge in [-0.15, -0.1) is 0 Å². The van der Waals surface area contributed by atoms with E-state index in [1.54, 1.807) is 0 Å². The van der Waals surface area contributed by atoms with Crippen LogP contribution in [0.2, 0.25) is 0 Å². The molecule has 2 nitrogen and oxygen atoms in total. The summed E-state index contributed by atoms with van der Waals surface area (Å²) in [6.45, 7) is 4.96. The van der Waals surface area contributed by atoms with E-state index in [9.17, 15) is 0 Å². The van der Waals surface area contributed by atoms with Crippen LogP contribution in [0.25, 0.3) is 0 Å². The maximum atomic E-state index is 3.55. The highest BCUT2D eigenvalue weighted by Crippen LogP contribution is 2.10. The van der Waals surface area contributed by atoms with Gasteiger partial charge in [-0.2, -0.15) is 0 Å². The molecule has 1 saturated heterocycles. The van der Waals surface area contributed by atoms with Crippen LogP contribution in [0.15, 0.2) is 12.2 Å². The van der Waals surface area contributed by atoms with E-state index in [0.29, 0.717) is 0 Å². The molecule has 1 N–H and O–H groups in total. The van der Waals surface area contributed by atoms with Crippen LogP contribution in [-0.4, -0.2) is 37.1 Å². The zero-order valence-electron chi connectivity index (χ0n) is 8.34. The first kappa shape index (κ1) is 9.22. The predicted molar refractivity (Wildman–Crippen MR) is 55.8 cm³/mol. The van der Waals surface area contributed by atoms with Crippen molar-refractivity contribution < 1.29 is 0 Å². The van der Waals surface area contributed by atoms with Crippen molar-refractivity contribution in [1.82, 2.24) is 10.2 Å². The molecule has 0 bridgehead atoms. The Hall–Kier alpha value is -0.340. The Morgan fingerprint density at radius 3 is 3.08 bits per heavy atom. The minimum Gasteiger partial charge on any atom is -0.314 e. The summed E-state index contributed by atoms with van der Waals surface area (Å²) in [7, 11) is 0. The standard InChI is InChI=1S/C11H20N2/c1-2-8-13(9-3-1)10-6-11-5-4-7-12-11/h1-2,11-12H,3-10H2. The van der Waals surface area contributed by atoms with Crippen molar-refractivity contribution in [1.29, 1.82) is 0 Å². The number of rotatable bonds is 3. The van der Waals surface area contributed by atoms with Crippen molar-refractivity contribution >= 4 is 0 Å². The van der Waals surface area contributed by atoms with Crippen LogP contribution in [0.3, 0.4) is 0 Å². The Morgan fingerprint density at radius 1 is 1.38 bits per heavy atom. The van der Waals surface area contributed by atoms with Crippen LogP contribution in [0.1, 0.15) is 25.7 Å². The zero-order valence-corrected chi connectivity index (χ0v) is 8.34. The SMILES string of the molecule is C1=CCN(CCC2CCCN2)CC1. The number of hydrogen-bond donors (Lipinski definition) is 1. The highest BCUT2D eigenvalue weighted by atomic mass is 15.1. The van der Waals surface area contributed by atoms with Gasteiger partial charge in [-0.05, 0) is 38.8 Å². The van der Waals surface area contributed by atoms with Crippen molar-refractivity contribution in [2.24, 2.45) is 0 Å². The van der Waals surface area contributed by atoms with Crippen molar-refractivity contribution in [3.05, 3.63) is 12.2 Å². The second-order valence-electron chi connectivity index (χ2n) is 4.14. The quantitative estimate of drug-likeness (QED) is 0.660. The maximum absolute atomic E-state index is 3.55. The summed E-state index contributed by atoms with van der Waals surface area (Å²) in [5.41, 5.74) is 0. The molecule has 0 amide bonds. The third kappa shape index (κ3) is 2.82. The first-order valence-electron chi connectivity index (χ1n) is 5.56. The molecular weight excluding hydrogens is 160 g/mol. The lowest BCUT2D eigenvalue weighted by Gasteiger charge is -2.24. The molecule has 0 aromatic rings. The summed E-state index contributed by atoms with van der Waals surface area (Å²) < 4.78 is 0. The molecule has 0 radical (unpaired) electrons. The van der Waals surface area contributed by atoms with Crippen molar-refractivity contribution in [3.8, 4) is 0 Å². The van der Waals surface area contributed by atoms with Crippen LogP contribution in [-0.2, 0) is 0 Å². The van der Waals surface area contributed by atoms with E-state index in [0.717, 1.165) is 6.04 Å². The normalized spacial score (nSPS) is 29.7. The largest absolute Gasteiger partial charge is 0.314 e. The molecule has 1 fully saturated rings. The van der Waals surface area contributed by atoms with Crippen LogP contribution >= 0.6 is 0 Å². The van der Waals surface area contributed by atoms with Crippen molar-refractivity contribution in [2.75, 3.05) is 26.2 Å². The molecule has 2 aliphatic rings. The molecule has 2 heteroatoms. The number of nitrogens with zero attached hydrogens (tertiary/aromatic N) is 1.